The third-order valence-corrected chi connectivity index (χ3v) is 4.45. The maximum absolute atomic E-state index is 13.0. The van der Waals surface area contributed by atoms with Gasteiger partial charge >= 0.3 is 0 Å². The Morgan fingerprint density at radius 1 is 1.53 bits per heavy atom. The molecule has 0 radical (unpaired) electrons. The van der Waals surface area contributed by atoms with Gasteiger partial charge in [-0.3, -0.25) is 0 Å². The Morgan fingerprint density at radius 3 is 3.13 bits per heavy atom. The molecule has 2 rings (SSSR count). The van der Waals surface area contributed by atoms with E-state index >= 15 is 0 Å². The van der Waals surface area contributed by atoms with Gasteiger partial charge in [-0.25, -0.2) is 4.39 Å². The Morgan fingerprint density at radius 2 is 2.40 bits per heavy atom. The lowest BCUT2D eigenvalue weighted by Gasteiger charge is -2.12. The van der Waals surface area contributed by atoms with Crippen LogP contribution in [0.15, 0.2) is 22.7 Å². The second-order valence-corrected chi connectivity index (χ2v) is 5.68. The van der Waals surface area contributed by atoms with Gasteiger partial charge in [-0.15, -0.1) is 0 Å². The number of nitrogens with one attached hydrogen (secondary N) is 1. The lowest BCUT2D eigenvalue weighted by Crippen LogP contribution is -2.28. The fourth-order valence-corrected chi connectivity index (χ4v) is 3.20. The van der Waals surface area contributed by atoms with Gasteiger partial charge < -0.3 is 5.32 Å². The Hall–Kier alpha value is -0.0600. The molecular formula is C11H13BrFNS. The maximum Gasteiger partial charge on any atom is 0.123 e. The van der Waals surface area contributed by atoms with Crippen LogP contribution in [-0.4, -0.2) is 17.5 Å². The molecule has 1 aliphatic rings. The van der Waals surface area contributed by atoms with Crippen LogP contribution in [0.5, 0.6) is 0 Å². The molecule has 0 aliphatic carbocycles. The molecule has 0 saturated carbocycles. The topological polar surface area (TPSA) is 12.0 Å². The van der Waals surface area contributed by atoms with Crippen LogP contribution in [0.3, 0.4) is 0 Å². The summed E-state index contributed by atoms with van der Waals surface area (Å²) in [6.07, 6.45) is 1.22. The van der Waals surface area contributed by atoms with Crippen molar-refractivity contribution >= 4 is 27.7 Å². The first-order valence-electron chi connectivity index (χ1n) is 5.01. The molecule has 4 heteroatoms. The van der Waals surface area contributed by atoms with E-state index in [1.165, 1.54) is 24.0 Å². The minimum absolute atomic E-state index is 0.171. The number of thioether (sulfide) groups is 1. The third kappa shape index (κ3) is 3.20. The van der Waals surface area contributed by atoms with E-state index in [0.717, 1.165) is 16.6 Å². The summed E-state index contributed by atoms with van der Waals surface area (Å²) in [5, 5.41) is 3.45. The fourth-order valence-electron chi connectivity index (χ4n) is 1.63. The molecule has 1 unspecified atom stereocenters. The quantitative estimate of drug-likeness (QED) is 0.917. The standard InChI is InChI=1S/C11H13BrFNS/c12-11-2-1-9(13)5-8(11)6-14-10-3-4-15-7-10/h1-2,5,10,14H,3-4,6-7H2. The molecule has 0 amide bonds. The molecule has 82 valence electrons. The van der Waals surface area contributed by atoms with Gasteiger partial charge in [-0.1, -0.05) is 15.9 Å². The van der Waals surface area contributed by atoms with Crippen molar-refractivity contribution in [3.63, 3.8) is 0 Å². The van der Waals surface area contributed by atoms with E-state index in [-0.39, 0.29) is 5.82 Å². The van der Waals surface area contributed by atoms with Crippen molar-refractivity contribution in [2.45, 2.75) is 19.0 Å². The fraction of sp³-hybridized carbons (Fsp3) is 0.455. The summed E-state index contributed by atoms with van der Waals surface area (Å²) in [7, 11) is 0. The van der Waals surface area contributed by atoms with E-state index in [4.69, 9.17) is 0 Å². The van der Waals surface area contributed by atoms with Crippen molar-refractivity contribution in [3.05, 3.63) is 34.1 Å². The van der Waals surface area contributed by atoms with E-state index in [1.807, 2.05) is 11.8 Å². The predicted octanol–water partition coefficient (Wildman–Crippen LogP) is 3.18. The lowest BCUT2D eigenvalue weighted by molar-refractivity contribution is 0.553. The van der Waals surface area contributed by atoms with Crippen molar-refractivity contribution in [2.24, 2.45) is 0 Å². The monoisotopic (exact) mass is 289 g/mol. The summed E-state index contributed by atoms with van der Waals surface area (Å²) in [6.45, 7) is 0.740. The van der Waals surface area contributed by atoms with E-state index in [9.17, 15) is 4.39 Å². The summed E-state index contributed by atoms with van der Waals surface area (Å²) < 4.78 is 14.0. The van der Waals surface area contributed by atoms with E-state index in [0.29, 0.717) is 6.04 Å². The Kier molecular flexibility index (Phi) is 4.05. The highest BCUT2D eigenvalue weighted by Crippen LogP contribution is 2.20. The first kappa shape index (κ1) is 11.4. The molecule has 1 N–H and O–H groups in total. The maximum atomic E-state index is 13.0. The molecule has 1 fully saturated rings. The minimum atomic E-state index is -0.171. The molecule has 1 aromatic carbocycles. The Balaban J connectivity index is 1.94. The molecule has 1 nitrogen and oxygen atoms in total. The van der Waals surface area contributed by atoms with Gasteiger partial charge in [0.25, 0.3) is 0 Å². The molecule has 1 aliphatic heterocycles. The second kappa shape index (κ2) is 5.32. The van der Waals surface area contributed by atoms with E-state index in [2.05, 4.69) is 21.2 Å². The number of halogens is 2. The zero-order valence-corrected chi connectivity index (χ0v) is 10.7. The SMILES string of the molecule is Fc1ccc(Br)c(CNC2CCSC2)c1. The van der Waals surface area contributed by atoms with Gasteiger partial charge in [0.1, 0.15) is 5.82 Å². The number of hydrogen-bond donors (Lipinski definition) is 1. The summed E-state index contributed by atoms with van der Waals surface area (Å²) in [5.41, 5.74) is 0.993. The van der Waals surface area contributed by atoms with E-state index in [1.54, 1.807) is 12.1 Å². The number of rotatable bonds is 3. The minimum Gasteiger partial charge on any atom is -0.309 e. The van der Waals surface area contributed by atoms with Crippen LogP contribution in [0.4, 0.5) is 4.39 Å². The largest absolute Gasteiger partial charge is 0.309 e. The zero-order chi connectivity index (χ0) is 10.7. The van der Waals surface area contributed by atoms with Crippen LogP contribution in [-0.2, 0) is 6.54 Å². The molecule has 0 bridgehead atoms. The highest BCUT2D eigenvalue weighted by Gasteiger charge is 2.14. The van der Waals surface area contributed by atoms with Crippen molar-refractivity contribution in [1.29, 1.82) is 0 Å². The molecule has 1 aromatic rings. The van der Waals surface area contributed by atoms with Gasteiger partial charge in [0.2, 0.25) is 0 Å². The van der Waals surface area contributed by atoms with Crippen LogP contribution >= 0.6 is 27.7 Å². The summed E-state index contributed by atoms with van der Waals surface area (Å²) in [6, 6.07) is 5.40. The summed E-state index contributed by atoms with van der Waals surface area (Å²) >= 11 is 5.40. The smallest absolute Gasteiger partial charge is 0.123 e. The van der Waals surface area contributed by atoms with Crippen LogP contribution < -0.4 is 5.32 Å². The number of benzene rings is 1. The van der Waals surface area contributed by atoms with Crippen LogP contribution in [0.1, 0.15) is 12.0 Å². The van der Waals surface area contributed by atoms with Gasteiger partial charge in [-0.2, -0.15) is 11.8 Å². The Labute approximate surface area is 102 Å². The summed E-state index contributed by atoms with van der Waals surface area (Å²) in [4.78, 5) is 0. The second-order valence-electron chi connectivity index (χ2n) is 3.68. The molecule has 1 saturated heterocycles. The summed E-state index contributed by atoms with van der Waals surface area (Å²) in [5.74, 6) is 2.24. The average Bonchev–Trinajstić information content (AvgIpc) is 2.72. The Bertz CT molecular complexity index is 339. The van der Waals surface area contributed by atoms with Crippen LogP contribution in [0.25, 0.3) is 0 Å². The van der Waals surface area contributed by atoms with Gasteiger partial charge in [0.05, 0.1) is 0 Å². The van der Waals surface area contributed by atoms with Gasteiger partial charge in [-0.05, 0) is 35.9 Å². The average molecular weight is 290 g/mol. The van der Waals surface area contributed by atoms with Crippen LogP contribution in [0.2, 0.25) is 0 Å². The molecule has 1 atom stereocenters. The van der Waals surface area contributed by atoms with Gasteiger partial charge in [0, 0.05) is 22.8 Å². The van der Waals surface area contributed by atoms with Crippen LogP contribution in [0, 0.1) is 5.82 Å². The molecule has 15 heavy (non-hydrogen) atoms. The highest BCUT2D eigenvalue weighted by atomic mass is 79.9. The third-order valence-electron chi connectivity index (χ3n) is 2.52. The van der Waals surface area contributed by atoms with Crippen molar-refractivity contribution in [1.82, 2.24) is 5.32 Å². The first-order chi connectivity index (χ1) is 7.25. The van der Waals surface area contributed by atoms with Gasteiger partial charge in [0.15, 0.2) is 0 Å². The van der Waals surface area contributed by atoms with Crippen molar-refractivity contribution in [3.8, 4) is 0 Å². The zero-order valence-electron chi connectivity index (χ0n) is 8.30. The lowest BCUT2D eigenvalue weighted by atomic mass is 10.2. The highest BCUT2D eigenvalue weighted by molar-refractivity contribution is 9.10. The van der Waals surface area contributed by atoms with Crippen molar-refractivity contribution in [2.75, 3.05) is 11.5 Å². The van der Waals surface area contributed by atoms with E-state index < -0.39 is 0 Å². The first-order valence-corrected chi connectivity index (χ1v) is 6.95. The molecule has 0 spiro atoms. The normalized spacial score (nSPS) is 20.8. The molecule has 1 heterocycles. The van der Waals surface area contributed by atoms with Crippen molar-refractivity contribution < 1.29 is 4.39 Å². The molecule has 0 aromatic heterocycles. The molecular weight excluding hydrogens is 277 g/mol. The number of hydrogen-bond acceptors (Lipinski definition) is 2. The predicted molar refractivity (Wildman–Crippen MR) is 66.7 cm³/mol.